The number of carboxylic acid groups (broad SMARTS) is 1. The summed E-state index contributed by atoms with van der Waals surface area (Å²) in [5.41, 5.74) is 1.15. The Labute approximate surface area is 114 Å². The second-order valence-electron chi connectivity index (χ2n) is 4.94. The molecule has 0 bridgehead atoms. The summed E-state index contributed by atoms with van der Waals surface area (Å²) in [4.78, 5) is 13.5. The third kappa shape index (κ3) is 3.40. The normalized spacial score (nSPS) is 16.6. The highest BCUT2D eigenvalue weighted by molar-refractivity contribution is 5.94. The Morgan fingerprint density at radius 1 is 1.16 bits per heavy atom. The smallest absolute Gasteiger partial charge is 0.337 e. The number of carboxylic acids is 1. The van der Waals surface area contributed by atoms with Crippen molar-refractivity contribution in [2.45, 2.75) is 32.1 Å². The summed E-state index contributed by atoms with van der Waals surface area (Å²) >= 11 is 0. The van der Waals surface area contributed by atoms with Gasteiger partial charge in [0.05, 0.1) is 18.4 Å². The van der Waals surface area contributed by atoms with Crippen LogP contribution in [0, 0.1) is 0 Å². The molecule has 1 heterocycles. The standard InChI is InChI=1S/C15H21NO3/c1-19-12-7-8-13(15(17)18)14(11-12)16-9-5-3-2-4-6-10-16/h7-8,11H,2-6,9-10H2,1H3,(H,17,18). The van der Waals surface area contributed by atoms with Crippen molar-refractivity contribution in [1.29, 1.82) is 0 Å². The van der Waals surface area contributed by atoms with E-state index in [1.807, 2.05) is 6.07 Å². The van der Waals surface area contributed by atoms with E-state index in [2.05, 4.69) is 4.90 Å². The topological polar surface area (TPSA) is 49.8 Å². The third-order valence-corrected chi connectivity index (χ3v) is 3.63. The molecular formula is C15H21NO3. The van der Waals surface area contributed by atoms with Crippen molar-refractivity contribution >= 4 is 11.7 Å². The Hall–Kier alpha value is -1.71. The van der Waals surface area contributed by atoms with Gasteiger partial charge in [-0.3, -0.25) is 0 Å². The number of ether oxygens (including phenoxy) is 1. The van der Waals surface area contributed by atoms with Gasteiger partial charge in [0.25, 0.3) is 0 Å². The van der Waals surface area contributed by atoms with Gasteiger partial charge in [0.1, 0.15) is 5.75 Å². The van der Waals surface area contributed by atoms with Crippen molar-refractivity contribution in [3.8, 4) is 5.75 Å². The molecule has 0 spiro atoms. The Kier molecular flexibility index (Phi) is 4.66. The van der Waals surface area contributed by atoms with E-state index in [-0.39, 0.29) is 0 Å². The van der Waals surface area contributed by atoms with Crippen molar-refractivity contribution in [3.63, 3.8) is 0 Å². The van der Waals surface area contributed by atoms with Crippen LogP contribution in [0.1, 0.15) is 42.5 Å². The van der Waals surface area contributed by atoms with E-state index >= 15 is 0 Å². The molecule has 4 heteroatoms. The second kappa shape index (κ2) is 6.45. The van der Waals surface area contributed by atoms with E-state index in [9.17, 15) is 9.90 Å². The number of rotatable bonds is 3. The molecule has 0 aromatic heterocycles. The molecule has 0 saturated carbocycles. The van der Waals surface area contributed by atoms with Crippen molar-refractivity contribution in [3.05, 3.63) is 23.8 Å². The van der Waals surface area contributed by atoms with Crippen LogP contribution in [0.5, 0.6) is 5.75 Å². The molecule has 19 heavy (non-hydrogen) atoms. The molecule has 1 aromatic rings. The Morgan fingerprint density at radius 3 is 2.37 bits per heavy atom. The van der Waals surface area contributed by atoms with Gasteiger partial charge in [-0.2, -0.15) is 0 Å². The van der Waals surface area contributed by atoms with Gasteiger partial charge in [0, 0.05) is 19.2 Å². The molecule has 1 aliphatic heterocycles. The first-order valence-electron chi connectivity index (χ1n) is 6.88. The zero-order chi connectivity index (χ0) is 13.7. The van der Waals surface area contributed by atoms with Gasteiger partial charge >= 0.3 is 5.97 Å². The summed E-state index contributed by atoms with van der Waals surface area (Å²) in [6.07, 6.45) is 5.98. The van der Waals surface area contributed by atoms with Crippen LogP contribution < -0.4 is 9.64 Å². The van der Waals surface area contributed by atoms with Crippen LogP contribution in [0.15, 0.2) is 18.2 Å². The molecule has 104 valence electrons. The van der Waals surface area contributed by atoms with Crippen LogP contribution in [-0.4, -0.2) is 31.3 Å². The van der Waals surface area contributed by atoms with Gasteiger partial charge in [-0.25, -0.2) is 4.79 Å². The van der Waals surface area contributed by atoms with Crippen LogP contribution in [0.3, 0.4) is 0 Å². The van der Waals surface area contributed by atoms with E-state index in [1.165, 1.54) is 19.3 Å². The fraction of sp³-hybridized carbons (Fsp3) is 0.533. The first-order chi connectivity index (χ1) is 9.22. The SMILES string of the molecule is COc1ccc(C(=O)O)c(N2CCCCCCC2)c1. The highest BCUT2D eigenvalue weighted by Crippen LogP contribution is 2.28. The number of methoxy groups -OCH3 is 1. The molecule has 0 radical (unpaired) electrons. The summed E-state index contributed by atoms with van der Waals surface area (Å²) in [7, 11) is 1.60. The molecular weight excluding hydrogens is 242 g/mol. The molecule has 1 fully saturated rings. The van der Waals surface area contributed by atoms with Gasteiger partial charge in [-0.1, -0.05) is 19.3 Å². The number of hydrogen-bond donors (Lipinski definition) is 1. The fourth-order valence-corrected chi connectivity index (χ4v) is 2.57. The van der Waals surface area contributed by atoms with E-state index < -0.39 is 5.97 Å². The molecule has 2 rings (SSSR count). The van der Waals surface area contributed by atoms with E-state index in [0.717, 1.165) is 31.6 Å². The summed E-state index contributed by atoms with van der Waals surface area (Å²) < 4.78 is 5.22. The molecule has 0 unspecified atom stereocenters. The van der Waals surface area contributed by atoms with Crippen LogP contribution in [0.4, 0.5) is 5.69 Å². The summed E-state index contributed by atoms with van der Waals surface area (Å²) in [6, 6.07) is 5.18. The van der Waals surface area contributed by atoms with Gasteiger partial charge in [-0.05, 0) is 25.0 Å². The van der Waals surface area contributed by atoms with Crippen LogP contribution >= 0.6 is 0 Å². The summed E-state index contributed by atoms with van der Waals surface area (Å²) in [5.74, 6) is -0.165. The van der Waals surface area contributed by atoms with Crippen molar-refractivity contribution < 1.29 is 14.6 Å². The predicted octanol–water partition coefficient (Wildman–Crippen LogP) is 3.16. The predicted molar refractivity (Wildman–Crippen MR) is 75.3 cm³/mol. The Balaban J connectivity index is 2.30. The highest BCUT2D eigenvalue weighted by Gasteiger charge is 2.17. The molecule has 4 nitrogen and oxygen atoms in total. The van der Waals surface area contributed by atoms with Crippen molar-refractivity contribution in [2.75, 3.05) is 25.1 Å². The van der Waals surface area contributed by atoms with E-state index in [4.69, 9.17) is 4.74 Å². The summed E-state index contributed by atoms with van der Waals surface area (Å²) in [5, 5.41) is 9.32. The monoisotopic (exact) mass is 263 g/mol. The number of nitrogens with zero attached hydrogens (tertiary/aromatic N) is 1. The van der Waals surface area contributed by atoms with Crippen LogP contribution in [0.2, 0.25) is 0 Å². The van der Waals surface area contributed by atoms with Gasteiger partial charge in [-0.15, -0.1) is 0 Å². The lowest BCUT2D eigenvalue weighted by molar-refractivity contribution is 0.0697. The maximum Gasteiger partial charge on any atom is 0.337 e. The first-order valence-corrected chi connectivity index (χ1v) is 6.88. The number of hydrogen-bond acceptors (Lipinski definition) is 3. The molecule has 1 aliphatic rings. The van der Waals surface area contributed by atoms with Gasteiger partial charge in [0.2, 0.25) is 0 Å². The maximum atomic E-state index is 11.4. The lowest BCUT2D eigenvalue weighted by atomic mass is 10.1. The highest BCUT2D eigenvalue weighted by atomic mass is 16.5. The van der Waals surface area contributed by atoms with Gasteiger partial charge in [0.15, 0.2) is 0 Å². The number of benzene rings is 1. The molecule has 1 saturated heterocycles. The number of carbonyl (C=O) groups is 1. The minimum Gasteiger partial charge on any atom is -0.497 e. The third-order valence-electron chi connectivity index (χ3n) is 3.63. The zero-order valence-electron chi connectivity index (χ0n) is 11.4. The summed E-state index contributed by atoms with van der Waals surface area (Å²) in [6.45, 7) is 1.85. The largest absolute Gasteiger partial charge is 0.497 e. The minimum absolute atomic E-state index is 0.362. The lowest BCUT2D eigenvalue weighted by Gasteiger charge is -2.28. The Bertz CT molecular complexity index is 437. The average Bonchev–Trinajstić information content (AvgIpc) is 2.37. The molecule has 0 atom stereocenters. The molecule has 0 aliphatic carbocycles. The van der Waals surface area contributed by atoms with Crippen molar-refractivity contribution in [1.82, 2.24) is 0 Å². The number of anilines is 1. The average molecular weight is 263 g/mol. The van der Waals surface area contributed by atoms with Gasteiger partial charge < -0.3 is 14.7 Å². The van der Waals surface area contributed by atoms with E-state index in [1.54, 1.807) is 19.2 Å². The maximum absolute atomic E-state index is 11.4. The quantitative estimate of drug-likeness (QED) is 0.910. The molecule has 1 N–H and O–H groups in total. The zero-order valence-corrected chi connectivity index (χ0v) is 11.4. The first kappa shape index (κ1) is 13.7. The lowest BCUT2D eigenvalue weighted by Crippen LogP contribution is -2.28. The fourth-order valence-electron chi connectivity index (χ4n) is 2.57. The molecule has 1 aromatic carbocycles. The van der Waals surface area contributed by atoms with Crippen LogP contribution in [0.25, 0.3) is 0 Å². The van der Waals surface area contributed by atoms with E-state index in [0.29, 0.717) is 11.3 Å². The Morgan fingerprint density at radius 2 is 1.79 bits per heavy atom. The minimum atomic E-state index is -0.875. The molecule has 0 amide bonds. The second-order valence-corrected chi connectivity index (χ2v) is 4.94. The number of aromatic carboxylic acids is 1. The van der Waals surface area contributed by atoms with Crippen molar-refractivity contribution in [2.24, 2.45) is 0 Å². The van der Waals surface area contributed by atoms with Crippen LogP contribution in [-0.2, 0) is 0 Å².